The molecule has 5 heteroatoms. The van der Waals surface area contributed by atoms with E-state index in [0.717, 1.165) is 11.5 Å². The second kappa shape index (κ2) is 4.86. The Labute approximate surface area is 113 Å². The molecule has 0 saturated carbocycles. The van der Waals surface area contributed by atoms with Crippen molar-refractivity contribution in [3.05, 3.63) is 0 Å². The summed E-state index contributed by atoms with van der Waals surface area (Å²) in [6.45, 7) is 12.9. The monoisotopic (exact) mass is 288 g/mol. The molecule has 0 amide bonds. The molecule has 1 aliphatic heterocycles. The first-order chi connectivity index (χ1) is 7.89. The molecule has 1 aromatic heterocycles. The van der Waals surface area contributed by atoms with Gasteiger partial charge in [-0.05, 0) is 0 Å². The van der Waals surface area contributed by atoms with E-state index in [-0.39, 0.29) is 0 Å². The predicted molar refractivity (Wildman–Crippen MR) is 79.3 cm³/mol. The number of hydrogen-bond acceptors (Lipinski definition) is 4. The summed E-state index contributed by atoms with van der Waals surface area (Å²) in [5.41, 5.74) is 0. The van der Waals surface area contributed by atoms with Crippen molar-refractivity contribution in [3.8, 4) is 11.5 Å². The first kappa shape index (κ1) is 13.3. The average Bonchev–Trinajstić information content (AvgIpc) is 2.56. The van der Waals surface area contributed by atoms with E-state index in [4.69, 9.17) is 9.47 Å². The fraction of sp³-hybridized carbons (Fsp3) is 0.667. The minimum atomic E-state index is -1.34. The van der Waals surface area contributed by atoms with Crippen molar-refractivity contribution in [3.63, 3.8) is 0 Å². The third-order valence-corrected chi connectivity index (χ3v) is 8.30. The third-order valence-electron chi connectivity index (χ3n) is 2.39. The molecule has 0 saturated heterocycles. The van der Waals surface area contributed by atoms with Crippen molar-refractivity contribution in [2.24, 2.45) is 0 Å². The van der Waals surface area contributed by atoms with Crippen LogP contribution < -0.4 is 14.0 Å². The van der Waals surface area contributed by atoms with E-state index in [1.165, 1.54) is 8.71 Å². The number of thioether (sulfide) groups is 1. The third kappa shape index (κ3) is 2.82. The lowest BCUT2D eigenvalue weighted by Crippen LogP contribution is -2.37. The largest absolute Gasteiger partial charge is 0.485 e. The van der Waals surface area contributed by atoms with Crippen molar-refractivity contribution in [2.45, 2.75) is 42.9 Å². The molecule has 0 fully saturated rings. The molecule has 2 heterocycles. The van der Waals surface area contributed by atoms with Gasteiger partial charge in [0.15, 0.2) is 11.5 Å². The Morgan fingerprint density at radius 2 is 1.71 bits per heavy atom. The van der Waals surface area contributed by atoms with Gasteiger partial charge < -0.3 is 9.47 Å². The molecule has 2 rings (SSSR count). The van der Waals surface area contributed by atoms with Crippen molar-refractivity contribution >= 4 is 35.7 Å². The van der Waals surface area contributed by atoms with Crippen molar-refractivity contribution < 1.29 is 9.47 Å². The quantitative estimate of drug-likeness (QED) is 0.626. The molecular weight excluding hydrogens is 268 g/mol. The van der Waals surface area contributed by atoms with E-state index in [9.17, 15) is 0 Å². The van der Waals surface area contributed by atoms with Crippen LogP contribution in [0.15, 0.2) is 4.21 Å². The molecule has 0 unspecified atom stereocenters. The molecule has 1 aromatic rings. The molecule has 0 N–H and O–H groups in total. The Bertz CT molecular complexity index is 407. The van der Waals surface area contributed by atoms with Crippen LogP contribution in [0.4, 0.5) is 0 Å². The van der Waals surface area contributed by atoms with Crippen molar-refractivity contribution in [1.29, 1.82) is 0 Å². The zero-order valence-corrected chi connectivity index (χ0v) is 13.8. The first-order valence-electron chi connectivity index (χ1n) is 5.99. The van der Waals surface area contributed by atoms with Gasteiger partial charge >= 0.3 is 0 Å². The zero-order chi connectivity index (χ0) is 12.6. The zero-order valence-electron chi connectivity index (χ0n) is 11.1. The first-order valence-corrected chi connectivity index (χ1v) is 11.2. The average molecular weight is 289 g/mol. The van der Waals surface area contributed by atoms with E-state index in [2.05, 4.69) is 33.5 Å². The molecule has 0 aliphatic carbocycles. The van der Waals surface area contributed by atoms with E-state index < -0.39 is 8.07 Å². The summed E-state index contributed by atoms with van der Waals surface area (Å²) in [6.07, 6.45) is 0. The molecule has 0 radical (unpaired) electrons. The van der Waals surface area contributed by atoms with Gasteiger partial charge in [0, 0.05) is 9.75 Å². The van der Waals surface area contributed by atoms with Crippen LogP contribution in [-0.4, -0.2) is 26.5 Å². The molecule has 96 valence electrons. The van der Waals surface area contributed by atoms with Crippen LogP contribution in [-0.2, 0) is 0 Å². The minimum Gasteiger partial charge on any atom is -0.485 e. The maximum atomic E-state index is 5.85. The lowest BCUT2D eigenvalue weighted by molar-refractivity contribution is 0.171. The summed E-state index contributed by atoms with van der Waals surface area (Å²) in [5.74, 6) is 2.06. The van der Waals surface area contributed by atoms with Crippen LogP contribution in [0.2, 0.25) is 19.6 Å². The van der Waals surface area contributed by atoms with Gasteiger partial charge in [-0.25, -0.2) is 0 Å². The molecule has 2 nitrogen and oxygen atoms in total. The summed E-state index contributed by atoms with van der Waals surface area (Å²) >= 11 is 3.77. The van der Waals surface area contributed by atoms with Crippen molar-refractivity contribution in [1.82, 2.24) is 0 Å². The number of ether oxygens (including phenoxy) is 2. The number of thiophene rings is 1. The summed E-state index contributed by atoms with van der Waals surface area (Å²) in [4.78, 5) is 0. The molecule has 1 aliphatic rings. The highest BCUT2D eigenvalue weighted by Crippen LogP contribution is 2.46. The SMILES string of the molecule is CC(C)Sc1sc([Si](C)(C)C)c2c1OCCO2. The van der Waals surface area contributed by atoms with Crippen molar-refractivity contribution in [2.75, 3.05) is 13.2 Å². The van der Waals surface area contributed by atoms with Crippen LogP contribution in [0.3, 0.4) is 0 Å². The van der Waals surface area contributed by atoms with Crippen LogP contribution in [0.25, 0.3) is 0 Å². The lowest BCUT2D eigenvalue weighted by Gasteiger charge is -2.21. The Morgan fingerprint density at radius 1 is 1.12 bits per heavy atom. The second-order valence-corrected chi connectivity index (χ2v) is 13.7. The molecule has 0 spiro atoms. The molecular formula is C12H20O2S2Si. The number of hydrogen-bond donors (Lipinski definition) is 0. The van der Waals surface area contributed by atoms with E-state index >= 15 is 0 Å². The standard InChI is InChI=1S/C12H20O2S2Si/c1-8(2)15-11-9-10(14-7-6-13-9)12(16-11)17(3,4)5/h8H,6-7H2,1-5H3. The normalized spacial score (nSPS) is 15.4. The second-order valence-electron chi connectivity index (χ2n) is 5.49. The Morgan fingerprint density at radius 3 is 2.24 bits per heavy atom. The van der Waals surface area contributed by atoms with E-state index in [1.54, 1.807) is 0 Å². The van der Waals surface area contributed by atoms with Crippen LogP contribution in [0.5, 0.6) is 11.5 Å². The van der Waals surface area contributed by atoms with Gasteiger partial charge in [0.2, 0.25) is 0 Å². The molecule has 0 aromatic carbocycles. The van der Waals surface area contributed by atoms with Gasteiger partial charge in [-0.1, -0.05) is 33.5 Å². The van der Waals surface area contributed by atoms with Gasteiger partial charge in [0.05, 0.1) is 8.07 Å². The molecule has 0 atom stereocenters. The van der Waals surface area contributed by atoms with E-state index in [1.807, 2.05) is 23.1 Å². The van der Waals surface area contributed by atoms with Gasteiger partial charge in [-0.2, -0.15) is 0 Å². The maximum absolute atomic E-state index is 5.85. The van der Waals surface area contributed by atoms with E-state index in [0.29, 0.717) is 18.5 Å². The fourth-order valence-electron chi connectivity index (χ4n) is 1.71. The Hall–Kier alpha value is -0.133. The fourth-order valence-corrected chi connectivity index (χ4v) is 6.71. The minimum absolute atomic E-state index is 0.581. The van der Waals surface area contributed by atoms with Gasteiger partial charge in [0.1, 0.15) is 17.4 Å². The summed E-state index contributed by atoms with van der Waals surface area (Å²) < 4.78 is 14.4. The molecule has 0 bridgehead atoms. The number of rotatable bonds is 3. The smallest absolute Gasteiger partial charge is 0.185 e. The summed E-state index contributed by atoms with van der Waals surface area (Å²) in [6, 6.07) is 0. The predicted octanol–water partition coefficient (Wildman–Crippen LogP) is 3.57. The maximum Gasteiger partial charge on any atom is 0.185 e. The highest BCUT2D eigenvalue weighted by molar-refractivity contribution is 8.01. The molecule has 17 heavy (non-hydrogen) atoms. The van der Waals surface area contributed by atoms with Crippen LogP contribution in [0, 0.1) is 0 Å². The van der Waals surface area contributed by atoms with Crippen LogP contribution >= 0.6 is 23.1 Å². The van der Waals surface area contributed by atoms with Gasteiger partial charge in [-0.3, -0.25) is 0 Å². The van der Waals surface area contributed by atoms with Gasteiger partial charge in [0.25, 0.3) is 0 Å². The highest BCUT2D eigenvalue weighted by Gasteiger charge is 2.32. The summed E-state index contributed by atoms with van der Waals surface area (Å²) in [5, 5.41) is 0.581. The summed E-state index contributed by atoms with van der Waals surface area (Å²) in [7, 11) is -1.34. The van der Waals surface area contributed by atoms with Gasteiger partial charge in [-0.15, -0.1) is 23.1 Å². The topological polar surface area (TPSA) is 18.5 Å². The highest BCUT2D eigenvalue weighted by atomic mass is 32.2. The van der Waals surface area contributed by atoms with Crippen LogP contribution in [0.1, 0.15) is 13.8 Å². The number of fused-ring (bicyclic) bond motifs is 1. The lowest BCUT2D eigenvalue weighted by atomic mass is 10.5. The Kier molecular flexibility index (Phi) is 3.80. The Balaban J connectivity index is 2.44.